The number of hydrogen-bond acceptors (Lipinski definition) is 4. The van der Waals surface area contributed by atoms with Crippen LogP contribution in [-0.2, 0) is 11.3 Å². The van der Waals surface area contributed by atoms with E-state index in [1.165, 1.54) is 0 Å². The molecular formula is C12H21N3O. The monoisotopic (exact) mass is 223 g/mol. The van der Waals surface area contributed by atoms with Crippen LogP contribution in [0.3, 0.4) is 0 Å². The molecule has 0 aliphatic rings. The predicted molar refractivity (Wildman–Crippen MR) is 66.5 cm³/mol. The lowest BCUT2D eigenvalue weighted by Gasteiger charge is -2.22. The Labute approximate surface area is 97.4 Å². The third kappa shape index (κ3) is 3.79. The number of nitrogens with two attached hydrogens (primary N) is 1. The van der Waals surface area contributed by atoms with Crippen molar-refractivity contribution < 1.29 is 4.74 Å². The maximum absolute atomic E-state index is 5.67. The zero-order valence-corrected chi connectivity index (χ0v) is 10.3. The number of nitrogens with zero attached hydrogens (tertiary/aromatic N) is 2. The fraction of sp³-hybridized carbons (Fsp3) is 0.583. The van der Waals surface area contributed by atoms with Crippen LogP contribution in [0.5, 0.6) is 0 Å². The summed E-state index contributed by atoms with van der Waals surface area (Å²) in [7, 11) is 2.04. The molecule has 4 heteroatoms. The van der Waals surface area contributed by atoms with Crippen molar-refractivity contribution in [1.82, 2.24) is 4.98 Å². The Hall–Kier alpha value is -1.13. The van der Waals surface area contributed by atoms with Crippen LogP contribution < -0.4 is 10.6 Å². The van der Waals surface area contributed by atoms with Crippen molar-refractivity contribution in [3.63, 3.8) is 0 Å². The molecule has 0 aromatic carbocycles. The van der Waals surface area contributed by atoms with E-state index in [9.17, 15) is 0 Å². The average Bonchev–Trinajstić information content (AvgIpc) is 2.28. The van der Waals surface area contributed by atoms with Gasteiger partial charge in [-0.2, -0.15) is 0 Å². The number of hydrogen-bond donors (Lipinski definition) is 1. The van der Waals surface area contributed by atoms with E-state index in [2.05, 4.69) is 9.88 Å². The van der Waals surface area contributed by atoms with Gasteiger partial charge < -0.3 is 15.4 Å². The molecule has 1 heterocycles. The molecule has 0 radical (unpaired) electrons. The molecule has 0 fully saturated rings. The highest BCUT2D eigenvalue weighted by Crippen LogP contribution is 2.16. The van der Waals surface area contributed by atoms with Crippen molar-refractivity contribution in [1.29, 1.82) is 0 Å². The Bertz CT molecular complexity index is 315. The van der Waals surface area contributed by atoms with E-state index < -0.39 is 0 Å². The molecule has 1 aromatic heterocycles. The highest BCUT2D eigenvalue weighted by molar-refractivity contribution is 5.51. The van der Waals surface area contributed by atoms with Gasteiger partial charge in [-0.25, -0.2) is 0 Å². The molecule has 16 heavy (non-hydrogen) atoms. The molecule has 0 saturated carbocycles. The molecule has 0 amide bonds. The molecule has 0 saturated heterocycles. The van der Waals surface area contributed by atoms with Crippen molar-refractivity contribution in [3.05, 3.63) is 24.0 Å². The summed E-state index contributed by atoms with van der Waals surface area (Å²) in [5, 5.41) is 0. The Balaban J connectivity index is 2.55. The predicted octanol–water partition coefficient (Wildman–Crippen LogP) is 1.40. The number of anilines is 1. The summed E-state index contributed by atoms with van der Waals surface area (Å²) in [4.78, 5) is 6.21. The lowest BCUT2D eigenvalue weighted by atomic mass is 10.2. The maximum Gasteiger partial charge on any atom is 0.0644 e. The molecular weight excluding hydrogens is 202 g/mol. The number of rotatable bonds is 6. The lowest BCUT2D eigenvalue weighted by Crippen LogP contribution is -2.25. The third-order valence-corrected chi connectivity index (χ3v) is 2.39. The van der Waals surface area contributed by atoms with Crippen LogP contribution in [0.25, 0.3) is 0 Å². The smallest absolute Gasteiger partial charge is 0.0644 e. The second kappa shape index (κ2) is 6.45. The third-order valence-electron chi connectivity index (χ3n) is 2.39. The van der Waals surface area contributed by atoms with E-state index in [0.29, 0.717) is 6.54 Å². The summed E-state index contributed by atoms with van der Waals surface area (Å²) in [5.41, 5.74) is 7.86. The minimum Gasteiger partial charge on any atom is -0.377 e. The second-order valence-electron chi connectivity index (χ2n) is 4.05. The van der Waals surface area contributed by atoms with Gasteiger partial charge in [0.15, 0.2) is 0 Å². The lowest BCUT2D eigenvalue weighted by molar-refractivity contribution is 0.0846. The number of aromatic nitrogens is 1. The molecule has 0 atom stereocenters. The van der Waals surface area contributed by atoms with Gasteiger partial charge in [-0.1, -0.05) is 0 Å². The van der Waals surface area contributed by atoms with E-state index in [-0.39, 0.29) is 6.10 Å². The quantitative estimate of drug-likeness (QED) is 0.792. The van der Waals surface area contributed by atoms with Gasteiger partial charge in [-0.15, -0.1) is 0 Å². The highest BCUT2D eigenvalue weighted by Gasteiger charge is 2.06. The molecule has 0 aliphatic carbocycles. The summed E-state index contributed by atoms with van der Waals surface area (Å²) >= 11 is 0. The molecule has 90 valence electrons. The molecule has 0 bridgehead atoms. The minimum absolute atomic E-state index is 0.278. The van der Waals surface area contributed by atoms with Crippen LogP contribution in [0, 0.1) is 0 Å². The van der Waals surface area contributed by atoms with Crippen molar-refractivity contribution in [2.24, 2.45) is 5.73 Å². The Morgan fingerprint density at radius 3 is 2.88 bits per heavy atom. The summed E-state index contributed by atoms with van der Waals surface area (Å²) in [5.74, 6) is 0. The van der Waals surface area contributed by atoms with Gasteiger partial charge in [0.2, 0.25) is 0 Å². The van der Waals surface area contributed by atoms with Gasteiger partial charge >= 0.3 is 0 Å². The minimum atomic E-state index is 0.278. The number of ether oxygens (including phenoxy) is 1. The first-order chi connectivity index (χ1) is 7.65. The van der Waals surface area contributed by atoms with Crippen LogP contribution in [0.4, 0.5) is 5.69 Å². The van der Waals surface area contributed by atoms with Crippen LogP contribution in [0.1, 0.15) is 19.4 Å². The SMILES string of the molecule is CC(C)OCCN(C)c1ccncc1CN. The average molecular weight is 223 g/mol. The molecule has 0 unspecified atom stereocenters. The van der Waals surface area contributed by atoms with Crippen molar-refractivity contribution >= 4 is 5.69 Å². The van der Waals surface area contributed by atoms with E-state index in [4.69, 9.17) is 10.5 Å². The summed E-state index contributed by atoms with van der Waals surface area (Å²) < 4.78 is 5.52. The van der Waals surface area contributed by atoms with Crippen molar-refractivity contribution in [3.8, 4) is 0 Å². The molecule has 0 aliphatic heterocycles. The first kappa shape index (κ1) is 12.9. The van der Waals surface area contributed by atoms with E-state index in [0.717, 1.165) is 24.4 Å². The van der Waals surface area contributed by atoms with Gasteiger partial charge in [0.1, 0.15) is 0 Å². The maximum atomic E-state index is 5.67. The summed E-state index contributed by atoms with van der Waals surface area (Å²) in [6.45, 7) is 6.17. The fourth-order valence-electron chi connectivity index (χ4n) is 1.50. The molecule has 4 nitrogen and oxygen atoms in total. The van der Waals surface area contributed by atoms with E-state index in [1.807, 2.05) is 33.2 Å². The normalized spacial score (nSPS) is 10.8. The fourth-order valence-corrected chi connectivity index (χ4v) is 1.50. The van der Waals surface area contributed by atoms with Gasteiger partial charge in [0, 0.05) is 43.8 Å². The molecule has 1 aromatic rings. The summed E-state index contributed by atoms with van der Waals surface area (Å²) in [6.07, 6.45) is 3.88. The highest BCUT2D eigenvalue weighted by atomic mass is 16.5. The Morgan fingerprint density at radius 2 is 2.25 bits per heavy atom. The first-order valence-electron chi connectivity index (χ1n) is 5.61. The Morgan fingerprint density at radius 1 is 1.50 bits per heavy atom. The first-order valence-corrected chi connectivity index (χ1v) is 5.61. The van der Waals surface area contributed by atoms with Gasteiger partial charge in [0.05, 0.1) is 12.7 Å². The van der Waals surface area contributed by atoms with Crippen LogP contribution >= 0.6 is 0 Å². The topological polar surface area (TPSA) is 51.4 Å². The zero-order valence-electron chi connectivity index (χ0n) is 10.3. The molecule has 1 rings (SSSR count). The zero-order chi connectivity index (χ0) is 12.0. The largest absolute Gasteiger partial charge is 0.377 e. The van der Waals surface area contributed by atoms with Gasteiger partial charge in [-0.05, 0) is 19.9 Å². The van der Waals surface area contributed by atoms with Crippen molar-refractivity contribution in [2.45, 2.75) is 26.5 Å². The Kier molecular flexibility index (Phi) is 5.22. The van der Waals surface area contributed by atoms with E-state index in [1.54, 1.807) is 6.20 Å². The second-order valence-corrected chi connectivity index (χ2v) is 4.05. The summed E-state index contributed by atoms with van der Waals surface area (Å²) in [6, 6.07) is 1.98. The number of pyridine rings is 1. The molecule has 2 N–H and O–H groups in total. The number of likely N-dealkylation sites (N-methyl/N-ethyl adjacent to an activating group) is 1. The van der Waals surface area contributed by atoms with Crippen molar-refractivity contribution in [2.75, 3.05) is 25.1 Å². The van der Waals surface area contributed by atoms with Gasteiger partial charge in [-0.3, -0.25) is 4.98 Å². The van der Waals surface area contributed by atoms with Crippen LogP contribution in [-0.4, -0.2) is 31.3 Å². The standard InChI is InChI=1S/C12H21N3O/c1-10(2)16-7-6-15(3)12-4-5-14-9-11(12)8-13/h4-5,9-10H,6-8,13H2,1-3H3. The van der Waals surface area contributed by atoms with Crippen LogP contribution in [0.15, 0.2) is 18.5 Å². The van der Waals surface area contributed by atoms with Gasteiger partial charge in [0.25, 0.3) is 0 Å². The molecule has 0 spiro atoms. The van der Waals surface area contributed by atoms with Crippen LogP contribution in [0.2, 0.25) is 0 Å². The van der Waals surface area contributed by atoms with E-state index >= 15 is 0 Å².